The normalized spacial score (nSPS) is 10.3. The predicted molar refractivity (Wildman–Crippen MR) is 86.6 cm³/mol. The van der Waals surface area contributed by atoms with Crippen molar-refractivity contribution in [3.8, 4) is 5.75 Å². The number of nitrogens with zero attached hydrogens (tertiary/aromatic N) is 3. The standard InChI is InChI=1S/C15H19ClN4O/c1-17-13-14(16)18-10-19-15(13)20(2)9-8-11-6-4-5-7-12(11)21-3/h4-7,10,17H,8-9H2,1-3H3. The molecule has 6 heteroatoms. The maximum atomic E-state index is 6.08. The molecule has 1 aromatic heterocycles. The van der Waals surface area contributed by atoms with E-state index in [-0.39, 0.29) is 0 Å². The second-order valence-corrected chi connectivity index (χ2v) is 4.95. The molecule has 0 atom stereocenters. The van der Waals surface area contributed by atoms with E-state index in [1.54, 1.807) is 7.11 Å². The number of hydrogen-bond donors (Lipinski definition) is 1. The van der Waals surface area contributed by atoms with Gasteiger partial charge in [0.25, 0.3) is 0 Å². The first kappa shape index (κ1) is 15.4. The lowest BCUT2D eigenvalue weighted by Crippen LogP contribution is -2.23. The van der Waals surface area contributed by atoms with E-state index in [0.717, 1.165) is 35.8 Å². The zero-order chi connectivity index (χ0) is 15.2. The topological polar surface area (TPSA) is 50.3 Å². The van der Waals surface area contributed by atoms with Crippen LogP contribution in [0, 0.1) is 0 Å². The quantitative estimate of drug-likeness (QED) is 0.832. The summed E-state index contributed by atoms with van der Waals surface area (Å²) in [6, 6.07) is 8.02. The van der Waals surface area contributed by atoms with Crippen molar-refractivity contribution in [3.05, 3.63) is 41.3 Å². The van der Waals surface area contributed by atoms with Crippen LogP contribution < -0.4 is 15.0 Å². The van der Waals surface area contributed by atoms with Gasteiger partial charge >= 0.3 is 0 Å². The van der Waals surface area contributed by atoms with Crippen molar-refractivity contribution in [2.45, 2.75) is 6.42 Å². The molecule has 0 unspecified atom stereocenters. The number of benzene rings is 1. The molecule has 0 fully saturated rings. The molecule has 2 rings (SSSR count). The number of methoxy groups -OCH3 is 1. The maximum Gasteiger partial charge on any atom is 0.157 e. The van der Waals surface area contributed by atoms with E-state index >= 15 is 0 Å². The molecule has 0 amide bonds. The van der Waals surface area contributed by atoms with Gasteiger partial charge in [0, 0.05) is 20.6 Å². The Balaban J connectivity index is 2.12. The fraction of sp³-hybridized carbons (Fsp3) is 0.333. The smallest absolute Gasteiger partial charge is 0.157 e. The molecule has 0 aliphatic heterocycles. The molecule has 0 aliphatic carbocycles. The van der Waals surface area contributed by atoms with E-state index in [9.17, 15) is 0 Å². The number of anilines is 2. The van der Waals surface area contributed by atoms with Crippen LogP contribution in [0.25, 0.3) is 0 Å². The molecule has 0 spiro atoms. The summed E-state index contributed by atoms with van der Waals surface area (Å²) in [6.45, 7) is 0.794. The lowest BCUT2D eigenvalue weighted by atomic mass is 10.1. The predicted octanol–water partition coefficient (Wildman–Crippen LogP) is 2.86. The van der Waals surface area contributed by atoms with Crippen LogP contribution in [-0.4, -0.2) is 37.7 Å². The van der Waals surface area contributed by atoms with Gasteiger partial charge in [-0.1, -0.05) is 29.8 Å². The van der Waals surface area contributed by atoms with Gasteiger partial charge in [-0.25, -0.2) is 9.97 Å². The van der Waals surface area contributed by atoms with Crippen molar-refractivity contribution >= 4 is 23.1 Å². The Hall–Kier alpha value is -2.01. The highest BCUT2D eigenvalue weighted by Crippen LogP contribution is 2.28. The molecule has 5 nitrogen and oxygen atoms in total. The van der Waals surface area contributed by atoms with Gasteiger partial charge in [-0.3, -0.25) is 0 Å². The van der Waals surface area contributed by atoms with Crippen LogP contribution in [0.4, 0.5) is 11.5 Å². The summed E-state index contributed by atoms with van der Waals surface area (Å²) in [4.78, 5) is 10.3. The van der Waals surface area contributed by atoms with Gasteiger partial charge in [0.05, 0.1) is 7.11 Å². The van der Waals surface area contributed by atoms with Crippen LogP contribution in [0.15, 0.2) is 30.6 Å². The van der Waals surface area contributed by atoms with Crippen molar-refractivity contribution in [1.29, 1.82) is 0 Å². The number of likely N-dealkylation sites (N-methyl/N-ethyl adjacent to an activating group) is 1. The summed E-state index contributed by atoms with van der Waals surface area (Å²) in [6.07, 6.45) is 2.32. The Morgan fingerprint density at radius 1 is 1.29 bits per heavy atom. The van der Waals surface area contributed by atoms with Crippen LogP contribution in [0.3, 0.4) is 0 Å². The molecular weight excluding hydrogens is 288 g/mol. The van der Waals surface area contributed by atoms with Gasteiger partial charge in [-0.15, -0.1) is 0 Å². The van der Waals surface area contributed by atoms with Gasteiger partial charge in [0.15, 0.2) is 11.0 Å². The average molecular weight is 307 g/mol. The minimum Gasteiger partial charge on any atom is -0.496 e. The first-order chi connectivity index (χ1) is 10.2. The zero-order valence-corrected chi connectivity index (χ0v) is 13.2. The minimum atomic E-state index is 0.423. The lowest BCUT2D eigenvalue weighted by molar-refractivity contribution is 0.409. The Morgan fingerprint density at radius 2 is 2.05 bits per heavy atom. The third-order valence-corrected chi connectivity index (χ3v) is 3.59. The number of hydrogen-bond acceptors (Lipinski definition) is 5. The largest absolute Gasteiger partial charge is 0.496 e. The van der Waals surface area contributed by atoms with Gasteiger partial charge in [0.2, 0.25) is 0 Å². The number of ether oxygens (including phenoxy) is 1. The molecule has 2 aromatic rings. The average Bonchev–Trinajstić information content (AvgIpc) is 2.52. The third-order valence-electron chi connectivity index (χ3n) is 3.30. The van der Waals surface area contributed by atoms with E-state index in [4.69, 9.17) is 16.3 Å². The second-order valence-electron chi connectivity index (χ2n) is 4.60. The molecule has 0 saturated heterocycles. The highest BCUT2D eigenvalue weighted by atomic mass is 35.5. The SMILES string of the molecule is CNc1c(Cl)ncnc1N(C)CCc1ccccc1OC. The summed E-state index contributed by atoms with van der Waals surface area (Å²) in [5, 5.41) is 3.47. The Kier molecular flexibility index (Phi) is 5.22. The molecule has 1 heterocycles. The highest BCUT2D eigenvalue weighted by molar-refractivity contribution is 6.32. The molecule has 112 valence electrons. The Labute approximate surface area is 129 Å². The van der Waals surface area contributed by atoms with Crippen molar-refractivity contribution < 1.29 is 4.74 Å². The summed E-state index contributed by atoms with van der Waals surface area (Å²) >= 11 is 6.08. The number of nitrogens with one attached hydrogen (secondary N) is 1. The summed E-state index contributed by atoms with van der Waals surface area (Å²) in [7, 11) is 5.48. The van der Waals surface area contributed by atoms with E-state index in [2.05, 4.69) is 21.4 Å². The lowest BCUT2D eigenvalue weighted by Gasteiger charge is -2.21. The molecule has 0 radical (unpaired) electrons. The molecule has 0 aliphatic rings. The second kappa shape index (κ2) is 7.13. The summed E-state index contributed by atoms with van der Waals surface area (Å²) in [5.74, 6) is 1.69. The maximum absolute atomic E-state index is 6.08. The van der Waals surface area contributed by atoms with Crippen LogP contribution >= 0.6 is 11.6 Å². The van der Waals surface area contributed by atoms with Gasteiger partial charge in [-0.2, -0.15) is 0 Å². The monoisotopic (exact) mass is 306 g/mol. The van der Waals surface area contributed by atoms with Gasteiger partial charge in [-0.05, 0) is 18.1 Å². The number of rotatable bonds is 6. The Morgan fingerprint density at radius 3 is 2.76 bits per heavy atom. The number of aromatic nitrogens is 2. The third kappa shape index (κ3) is 3.55. The van der Waals surface area contributed by atoms with E-state index in [1.807, 2.05) is 37.2 Å². The molecule has 0 saturated carbocycles. The van der Waals surface area contributed by atoms with Gasteiger partial charge < -0.3 is 15.0 Å². The number of para-hydroxylation sites is 1. The van der Waals surface area contributed by atoms with Crippen molar-refractivity contribution in [2.75, 3.05) is 38.0 Å². The number of halogens is 1. The van der Waals surface area contributed by atoms with Crippen molar-refractivity contribution in [3.63, 3.8) is 0 Å². The zero-order valence-electron chi connectivity index (χ0n) is 12.4. The molecule has 1 N–H and O–H groups in total. The fourth-order valence-electron chi connectivity index (χ4n) is 2.16. The van der Waals surface area contributed by atoms with Crippen molar-refractivity contribution in [2.24, 2.45) is 0 Å². The van der Waals surface area contributed by atoms with Crippen LogP contribution in [0.2, 0.25) is 5.15 Å². The fourth-order valence-corrected chi connectivity index (χ4v) is 2.39. The van der Waals surface area contributed by atoms with E-state index in [0.29, 0.717) is 5.15 Å². The van der Waals surface area contributed by atoms with E-state index in [1.165, 1.54) is 6.33 Å². The van der Waals surface area contributed by atoms with Crippen LogP contribution in [0.5, 0.6) is 5.75 Å². The van der Waals surface area contributed by atoms with Crippen LogP contribution in [0.1, 0.15) is 5.56 Å². The molecule has 1 aromatic carbocycles. The summed E-state index contributed by atoms with van der Waals surface area (Å²) < 4.78 is 5.37. The van der Waals surface area contributed by atoms with Crippen LogP contribution in [-0.2, 0) is 6.42 Å². The molecule has 0 bridgehead atoms. The van der Waals surface area contributed by atoms with E-state index < -0.39 is 0 Å². The van der Waals surface area contributed by atoms with Gasteiger partial charge in [0.1, 0.15) is 17.8 Å². The summed E-state index contributed by atoms with van der Waals surface area (Å²) in [5.41, 5.74) is 1.90. The van der Waals surface area contributed by atoms with Crippen molar-refractivity contribution in [1.82, 2.24) is 9.97 Å². The first-order valence-electron chi connectivity index (χ1n) is 6.68. The highest BCUT2D eigenvalue weighted by Gasteiger charge is 2.13. The minimum absolute atomic E-state index is 0.423. The molecular formula is C15H19ClN4O. The first-order valence-corrected chi connectivity index (χ1v) is 7.06. The Bertz CT molecular complexity index is 606. The molecule has 21 heavy (non-hydrogen) atoms.